The van der Waals surface area contributed by atoms with Crippen LogP contribution < -0.4 is 4.72 Å². The fourth-order valence-corrected chi connectivity index (χ4v) is 6.65. The average molecular weight is 654 g/mol. The van der Waals surface area contributed by atoms with Gasteiger partial charge in [-0.2, -0.15) is 0 Å². The summed E-state index contributed by atoms with van der Waals surface area (Å²) in [6.45, 7) is 8.42. The molecule has 1 N–H and O–H groups in total. The number of rotatable bonds is 13. The smallest absolute Gasteiger partial charge is 0.421 e. The van der Waals surface area contributed by atoms with Gasteiger partial charge in [0.15, 0.2) is 12.1 Å². The van der Waals surface area contributed by atoms with Crippen molar-refractivity contribution in [3.8, 4) is 0 Å². The van der Waals surface area contributed by atoms with Gasteiger partial charge in [0.05, 0.1) is 4.90 Å². The lowest BCUT2D eigenvalue weighted by Gasteiger charge is -2.33. The van der Waals surface area contributed by atoms with Gasteiger partial charge in [0.1, 0.15) is 24.4 Å². The molecule has 3 fully saturated rings. The van der Waals surface area contributed by atoms with Crippen molar-refractivity contribution in [1.82, 2.24) is 9.62 Å². The zero-order chi connectivity index (χ0) is 29.5. The maximum atomic E-state index is 13.1. The van der Waals surface area contributed by atoms with E-state index in [1.807, 2.05) is 18.6 Å². The first-order valence-electron chi connectivity index (χ1n) is 14.9. The molecule has 3 aliphatic heterocycles. The lowest BCUT2D eigenvalue weighted by molar-refractivity contribution is -0.230. The molecule has 0 aromatic heterocycles. The van der Waals surface area contributed by atoms with Gasteiger partial charge in [-0.25, -0.2) is 17.9 Å². The first-order chi connectivity index (χ1) is 19.6. The second-order valence-corrected chi connectivity index (χ2v) is 13.7. The van der Waals surface area contributed by atoms with Crippen LogP contribution in [0.5, 0.6) is 0 Å². The number of benzene rings is 1. The van der Waals surface area contributed by atoms with Crippen LogP contribution in [0.15, 0.2) is 29.2 Å². The van der Waals surface area contributed by atoms with E-state index in [0.717, 1.165) is 64.5 Å². The normalized spacial score (nSPS) is 26.6. The van der Waals surface area contributed by atoms with Gasteiger partial charge in [-0.15, -0.1) is 12.4 Å². The molecule has 3 heterocycles. The van der Waals surface area contributed by atoms with Crippen molar-refractivity contribution in [1.29, 1.82) is 0 Å². The lowest BCUT2D eigenvalue weighted by atomic mass is 10.0. The lowest BCUT2D eigenvalue weighted by Crippen LogP contribution is -2.50. The number of sulfonamides is 1. The van der Waals surface area contributed by atoms with E-state index in [0.29, 0.717) is 18.2 Å². The summed E-state index contributed by atoms with van der Waals surface area (Å²) in [6.07, 6.45) is 5.47. The Labute approximate surface area is 261 Å². The van der Waals surface area contributed by atoms with Crippen molar-refractivity contribution >= 4 is 40.1 Å². The first kappa shape index (κ1) is 35.3. The highest BCUT2D eigenvalue weighted by molar-refractivity contribution is 7.90. The van der Waals surface area contributed by atoms with Crippen molar-refractivity contribution < 1.29 is 36.9 Å². The molecule has 240 valence electrons. The first-order valence-corrected chi connectivity index (χ1v) is 16.8. The maximum absolute atomic E-state index is 13.1. The zero-order valence-corrected chi connectivity index (χ0v) is 27.2. The van der Waals surface area contributed by atoms with Gasteiger partial charge < -0.3 is 23.7 Å². The number of nitrogens with zero attached hydrogens (tertiary/aromatic N) is 1. The molecular formula is C29H46Cl2N2O8S. The van der Waals surface area contributed by atoms with Gasteiger partial charge in [-0.1, -0.05) is 57.0 Å². The average Bonchev–Trinajstić information content (AvgIpc) is 3.24. The third kappa shape index (κ3) is 9.92. The van der Waals surface area contributed by atoms with E-state index in [1.54, 1.807) is 0 Å². The summed E-state index contributed by atoms with van der Waals surface area (Å²) in [6, 6.07) is 5.55. The third-order valence-electron chi connectivity index (χ3n) is 7.69. The van der Waals surface area contributed by atoms with Gasteiger partial charge in [0, 0.05) is 18.2 Å². The Morgan fingerprint density at radius 2 is 1.74 bits per heavy atom. The number of unbranched alkanes of at least 4 members (excludes halogenated alkanes) is 4. The Hall–Kier alpha value is -1.18. The van der Waals surface area contributed by atoms with Crippen molar-refractivity contribution in [2.75, 3.05) is 26.2 Å². The summed E-state index contributed by atoms with van der Waals surface area (Å²) >= 11 is 5.89. The minimum Gasteiger partial charge on any atom is -0.441 e. The number of carbonyl (C=O) groups excluding carboxylic acids is 1. The van der Waals surface area contributed by atoms with Crippen LogP contribution in [0.25, 0.3) is 0 Å². The summed E-state index contributed by atoms with van der Waals surface area (Å²) in [5.74, 6) is -0.839. The number of carbonyl (C=O) groups is 1. The minimum atomic E-state index is -4.17. The SMILES string of the molecule is CCCCCCCO[C@@H]1[C@H]2OC(C)(C)O[C@H]2O[C@@H]1C(CN1CCCCCC1)OC(=O)NS(=O)(=O)c1ccc(Cl)cc1.Cl. The maximum Gasteiger partial charge on any atom is 0.421 e. The van der Waals surface area contributed by atoms with Crippen molar-refractivity contribution in [2.24, 2.45) is 0 Å². The van der Waals surface area contributed by atoms with E-state index in [2.05, 4.69) is 11.8 Å². The summed E-state index contributed by atoms with van der Waals surface area (Å²) in [4.78, 5) is 15.2. The second kappa shape index (κ2) is 16.2. The molecule has 1 amide bonds. The number of ether oxygens (including phenoxy) is 5. The van der Waals surface area contributed by atoms with Crippen LogP contribution in [-0.4, -0.2) is 82.1 Å². The number of likely N-dealkylation sites (tertiary alicyclic amines) is 1. The van der Waals surface area contributed by atoms with Crippen LogP contribution in [-0.2, 0) is 33.7 Å². The number of nitrogens with one attached hydrogen (secondary N) is 1. The van der Waals surface area contributed by atoms with Crippen LogP contribution in [0.2, 0.25) is 5.02 Å². The van der Waals surface area contributed by atoms with E-state index in [-0.39, 0.29) is 17.3 Å². The highest BCUT2D eigenvalue weighted by Crippen LogP contribution is 2.40. The molecule has 3 saturated heterocycles. The van der Waals surface area contributed by atoms with Crippen LogP contribution in [0.1, 0.15) is 78.6 Å². The Morgan fingerprint density at radius 1 is 1.07 bits per heavy atom. The number of halogens is 2. The quantitative estimate of drug-likeness (QED) is 0.270. The Kier molecular flexibility index (Phi) is 13.6. The topological polar surface area (TPSA) is 113 Å². The van der Waals surface area contributed by atoms with Gasteiger partial charge in [-0.3, -0.25) is 4.90 Å². The highest BCUT2D eigenvalue weighted by atomic mass is 35.5. The molecule has 1 aromatic rings. The number of amides is 1. The molecule has 3 aliphatic rings. The fraction of sp³-hybridized carbons (Fsp3) is 0.759. The predicted octanol–water partition coefficient (Wildman–Crippen LogP) is 5.65. The number of fused-ring (bicyclic) bond motifs is 1. The zero-order valence-electron chi connectivity index (χ0n) is 24.8. The molecule has 5 atom stereocenters. The third-order valence-corrected chi connectivity index (χ3v) is 9.27. The van der Waals surface area contributed by atoms with Gasteiger partial charge in [0.25, 0.3) is 10.0 Å². The molecule has 1 aromatic carbocycles. The molecule has 42 heavy (non-hydrogen) atoms. The van der Waals surface area contributed by atoms with Crippen LogP contribution in [0.3, 0.4) is 0 Å². The van der Waals surface area contributed by atoms with E-state index in [1.165, 1.54) is 30.7 Å². The molecule has 0 radical (unpaired) electrons. The summed E-state index contributed by atoms with van der Waals surface area (Å²) in [7, 11) is -4.17. The Bertz CT molecular complexity index is 1080. The van der Waals surface area contributed by atoms with E-state index in [4.69, 9.17) is 35.3 Å². The van der Waals surface area contributed by atoms with Gasteiger partial charge in [-0.05, 0) is 70.5 Å². The van der Waals surface area contributed by atoms with Crippen molar-refractivity contribution in [3.63, 3.8) is 0 Å². The number of hydrogen-bond donors (Lipinski definition) is 1. The number of hydrogen-bond acceptors (Lipinski definition) is 9. The summed E-state index contributed by atoms with van der Waals surface area (Å²) in [5, 5.41) is 0.386. The molecule has 0 saturated carbocycles. The van der Waals surface area contributed by atoms with Crippen LogP contribution >= 0.6 is 24.0 Å². The second-order valence-electron chi connectivity index (χ2n) is 11.5. The van der Waals surface area contributed by atoms with E-state index >= 15 is 0 Å². The Balaban J connectivity index is 0.00000484. The van der Waals surface area contributed by atoms with Crippen molar-refractivity contribution in [3.05, 3.63) is 29.3 Å². The highest BCUT2D eigenvalue weighted by Gasteiger charge is 2.58. The van der Waals surface area contributed by atoms with Gasteiger partial charge >= 0.3 is 6.09 Å². The van der Waals surface area contributed by atoms with E-state index < -0.39 is 52.6 Å². The molecule has 0 bridgehead atoms. The monoisotopic (exact) mass is 652 g/mol. The fourth-order valence-electron chi connectivity index (χ4n) is 5.64. The molecule has 10 nitrogen and oxygen atoms in total. The molecule has 0 aliphatic carbocycles. The Morgan fingerprint density at radius 3 is 2.40 bits per heavy atom. The minimum absolute atomic E-state index is 0. The molecule has 13 heteroatoms. The van der Waals surface area contributed by atoms with Crippen LogP contribution in [0, 0.1) is 0 Å². The summed E-state index contributed by atoms with van der Waals surface area (Å²) in [5.41, 5.74) is 0. The largest absolute Gasteiger partial charge is 0.441 e. The summed E-state index contributed by atoms with van der Waals surface area (Å²) < 4.78 is 58.5. The molecule has 0 spiro atoms. The molecular weight excluding hydrogens is 607 g/mol. The molecule has 1 unspecified atom stereocenters. The van der Waals surface area contributed by atoms with Crippen LogP contribution in [0.4, 0.5) is 4.79 Å². The standard InChI is InChI=1S/C29H45ClN2O8S.ClH/c1-4-5-6-9-12-19-36-25-24(38-27-26(25)39-29(2,3)40-27)23(20-32-17-10-7-8-11-18-32)37-28(33)31-41(34,35)22-15-13-21(30)14-16-22;/h13-16,23-27H,4-12,17-20H2,1-3H3,(H,31,33);1H/t23?,24-,25+,26-,27-;/m1./s1. The van der Waals surface area contributed by atoms with E-state index in [9.17, 15) is 13.2 Å². The van der Waals surface area contributed by atoms with Crippen molar-refractivity contribution in [2.45, 2.75) is 120 Å². The predicted molar refractivity (Wildman–Crippen MR) is 161 cm³/mol. The molecule has 4 rings (SSSR count). The van der Waals surface area contributed by atoms with Gasteiger partial charge in [0.2, 0.25) is 0 Å².